The van der Waals surface area contributed by atoms with E-state index in [1.807, 2.05) is 0 Å². The van der Waals surface area contributed by atoms with Crippen molar-refractivity contribution >= 4 is 5.91 Å². The van der Waals surface area contributed by atoms with E-state index in [0.717, 1.165) is 19.0 Å². The normalized spacial score (nSPS) is 20.9. The molecule has 2 rings (SSSR count). The lowest BCUT2D eigenvalue weighted by molar-refractivity contribution is -0.119. The lowest BCUT2D eigenvalue weighted by Gasteiger charge is -2.26. The van der Waals surface area contributed by atoms with Crippen LogP contribution in [-0.4, -0.2) is 43.5 Å². The number of nitrogens with one attached hydrogen (secondary N) is 1. The summed E-state index contributed by atoms with van der Waals surface area (Å²) in [4.78, 5) is 13.2. The first kappa shape index (κ1) is 17.4. The minimum absolute atomic E-state index is 0.0583. The largest absolute Gasteiger partial charge is 0.354 e. The smallest absolute Gasteiger partial charge is 0.233 e. The van der Waals surface area contributed by atoms with Gasteiger partial charge in [0, 0.05) is 13.1 Å². The Kier molecular flexibility index (Phi) is 9.67. The van der Waals surface area contributed by atoms with E-state index < -0.39 is 0 Å². The summed E-state index contributed by atoms with van der Waals surface area (Å²) >= 11 is 0. The quantitative estimate of drug-likeness (QED) is 0.831. The Morgan fingerprint density at radius 2 is 1.70 bits per heavy atom. The van der Waals surface area contributed by atoms with Gasteiger partial charge in [-0.25, -0.2) is 0 Å². The molecule has 0 spiro atoms. The second-order valence-electron chi connectivity index (χ2n) is 6.20. The number of hydrogen-bond donors (Lipinski definition) is 2. The SMILES string of the molecule is CC1CCCCC1.NCC(=O)NCCN1CCCCC1. The monoisotopic (exact) mass is 283 g/mol. The molecule has 0 atom stereocenters. The molecule has 1 amide bonds. The van der Waals surface area contributed by atoms with E-state index in [1.165, 1.54) is 64.5 Å². The fourth-order valence-electron chi connectivity index (χ4n) is 2.92. The fourth-order valence-corrected chi connectivity index (χ4v) is 2.92. The van der Waals surface area contributed by atoms with Gasteiger partial charge in [0.05, 0.1) is 6.54 Å². The van der Waals surface area contributed by atoms with Crippen LogP contribution in [0.25, 0.3) is 0 Å². The first-order chi connectivity index (χ1) is 9.72. The highest BCUT2D eigenvalue weighted by atomic mass is 16.1. The Morgan fingerprint density at radius 3 is 2.20 bits per heavy atom. The summed E-state index contributed by atoms with van der Waals surface area (Å²) in [6.07, 6.45) is 11.4. The number of amides is 1. The van der Waals surface area contributed by atoms with Gasteiger partial charge in [0.25, 0.3) is 0 Å². The van der Waals surface area contributed by atoms with Crippen LogP contribution in [0.5, 0.6) is 0 Å². The molecule has 4 nitrogen and oxygen atoms in total. The van der Waals surface area contributed by atoms with Crippen LogP contribution in [0.2, 0.25) is 0 Å². The predicted molar refractivity (Wildman–Crippen MR) is 84.6 cm³/mol. The first-order valence-electron chi connectivity index (χ1n) is 8.41. The number of carbonyl (C=O) groups excluding carboxylic acids is 1. The lowest BCUT2D eigenvalue weighted by Crippen LogP contribution is -2.39. The minimum Gasteiger partial charge on any atom is -0.354 e. The molecule has 1 heterocycles. The number of nitrogens with two attached hydrogens (primary N) is 1. The van der Waals surface area contributed by atoms with Gasteiger partial charge in [-0.2, -0.15) is 0 Å². The number of likely N-dealkylation sites (tertiary alicyclic amines) is 1. The molecule has 0 aromatic heterocycles. The molecule has 1 aliphatic carbocycles. The highest BCUT2D eigenvalue weighted by Gasteiger charge is 2.09. The van der Waals surface area contributed by atoms with Gasteiger partial charge in [-0.1, -0.05) is 45.4 Å². The maximum Gasteiger partial charge on any atom is 0.233 e. The summed E-state index contributed by atoms with van der Waals surface area (Å²) < 4.78 is 0. The van der Waals surface area contributed by atoms with Crippen LogP contribution in [0.15, 0.2) is 0 Å². The highest BCUT2D eigenvalue weighted by molar-refractivity contribution is 5.77. The number of nitrogens with zero attached hydrogens (tertiary/aromatic N) is 1. The zero-order valence-corrected chi connectivity index (χ0v) is 13.2. The van der Waals surface area contributed by atoms with E-state index in [4.69, 9.17) is 5.73 Å². The average molecular weight is 283 g/mol. The zero-order valence-electron chi connectivity index (χ0n) is 13.2. The summed E-state index contributed by atoms with van der Waals surface area (Å²) in [5, 5.41) is 2.77. The Bertz CT molecular complexity index is 246. The molecule has 3 N–H and O–H groups in total. The molecule has 1 aliphatic heterocycles. The molecule has 20 heavy (non-hydrogen) atoms. The summed E-state index contributed by atoms with van der Waals surface area (Å²) in [5.74, 6) is 0.978. The molecular formula is C16H33N3O. The number of piperidine rings is 1. The second kappa shape index (κ2) is 11.1. The van der Waals surface area contributed by atoms with Crippen molar-refractivity contribution < 1.29 is 4.79 Å². The third-order valence-electron chi connectivity index (χ3n) is 4.28. The van der Waals surface area contributed by atoms with Crippen molar-refractivity contribution in [1.29, 1.82) is 0 Å². The van der Waals surface area contributed by atoms with Crippen LogP contribution in [0.1, 0.15) is 58.3 Å². The van der Waals surface area contributed by atoms with E-state index in [9.17, 15) is 4.79 Å². The third kappa shape index (κ3) is 8.54. The topological polar surface area (TPSA) is 58.4 Å². The van der Waals surface area contributed by atoms with Crippen molar-refractivity contribution in [1.82, 2.24) is 10.2 Å². The van der Waals surface area contributed by atoms with Crippen molar-refractivity contribution in [2.24, 2.45) is 11.7 Å². The Balaban J connectivity index is 0.000000240. The molecule has 0 radical (unpaired) electrons. The summed E-state index contributed by atoms with van der Waals surface area (Å²) in [6.45, 7) is 6.51. The number of rotatable bonds is 4. The van der Waals surface area contributed by atoms with Gasteiger partial charge < -0.3 is 16.0 Å². The van der Waals surface area contributed by atoms with E-state index in [0.29, 0.717) is 0 Å². The molecule has 0 unspecified atom stereocenters. The van der Waals surface area contributed by atoms with Crippen LogP contribution >= 0.6 is 0 Å². The van der Waals surface area contributed by atoms with E-state index in [-0.39, 0.29) is 12.5 Å². The predicted octanol–water partition coefficient (Wildman–Crippen LogP) is 2.13. The summed E-state index contributed by atoms with van der Waals surface area (Å²) in [6, 6.07) is 0. The number of carbonyl (C=O) groups is 1. The van der Waals surface area contributed by atoms with Gasteiger partial charge in [-0.05, 0) is 31.8 Å². The molecule has 0 aromatic carbocycles. The van der Waals surface area contributed by atoms with Gasteiger partial charge >= 0.3 is 0 Å². The van der Waals surface area contributed by atoms with E-state index in [2.05, 4.69) is 17.1 Å². The molecule has 1 saturated carbocycles. The maximum absolute atomic E-state index is 10.8. The molecule has 0 aromatic rings. The molecule has 0 bridgehead atoms. The first-order valence-corrected chi connectivity index (χ1v) is 8.41. The standard InChI is InChI=1S/C9H19N3O.C7H14/c10-8-9(13)11-4-7-12-5-2-1-3-6-12;1-7-5-3-2-4-6-7/h1-8,10H2,(H,11,13);7H,2-6H2,1H3. The van der Waals surface area contributed by atoms with Crippen LogP contribution in [0, 0.1) is 5.92 Å². The fraction of sp³-hybridized carbons (Fsp3) is 0.938. The van der Waals surface area contributed by atoms with Crippen molar-refractivity contribution in [3.63, 3.8) is 0 Å². The van der Waals surface area contributed by atoms with Crippen LogP contribution in [0.3, 0.4) is 0 Å². The number of hydrogen-bond acceptors (Lipinski definition) is 3. The van der Waals surface area contributed by atoms with Crippen molar-refractivity contribution in [3.05, 3.63) is 0 Å². The zero-order chi connectivity index (χ0) is 14.6. The molecule has 118 valence electrons. The molecular weight excluding hydrogens is 250 g/mol. The van der Waals surface area contributed by atoms with Crippen LogP contribution < -0.4 is 11.1 Å². The van der Waals surface area contributed by atoms with Crippen LogP contribution in [-0.2, 0) is 4.79 Å². The van der Waals surface area contributed by atoms with Gasteiger partial charge in [0.2, 0.25) is 5.91 Å². The maximum atomic E-state index is 10.8. The Labute approximate surface area is 124 Å². The molecule has 2 aliphatic rings. The van der Waals surface area contributed by atoms with Crippen molar-refractivity contribution in [2.45, 2.75) is 58.3 Å². The van der Waals surface area contributed by atoms with Crippen molar-refractivity contribution in [3.8, 4) is 0 Å². The second-order valence-corrected chi connectivity index (χ2v) is 6.20. The van der Waals surface area contributed by atoms with Gasteiger partial charge in [-0.15, -0.1) is 0 Å². The van der Waals surface area contributed by atoms with Crippen molar-refractivity contribution in [2.75, 3.05) is 32.7 Å². The average Bonchev–Trinajstić information content (AvgIpc) is 2.49. The highest BCUT2D eigenvalue weighted by Crippen LogP contribution is 2.22. The minimum atomic E-state index is -0.0583. The van der Waals surface area contributed by atoms with E-state index in [1.54, 1.807) is 0 Å². The van der Waals surface area contributed by atoms with E-state index >= 15 is 0 Å². The molecule has 2 fully saturated rings. The van der Waals surface area contributed by atoms with Gasteiger partial charge in [-0.3, -0.25) is 4.79 Å². The van der Waals surface area contributed by atoms with Crippen LogP contribution in [0.4, 0.5) is 0 Å². The Morgan fingerprint density at radius 1 is 1.10 bits per heavy atom. The molecule has 4 heteroatoms. The molecule has 1 saturated heterocycles. The van der Waals surface area contributed by atoms with Gasteiger partial charge in [0.1, 0.15) is 0 Å². The Hall–Kier alpha value is -0.610. The third-order valence-corrected chi connectivity index (χ3v) is 4.28. The summed E-state index contributed by atoms with van der Waals surface area (Å²) in [7, 11) is 0. The van der Waals surface area contributed by atoms with Gasteiger partial charge in [0.15, 0.2) is 0 Å². The summed E-state index contributed by atoms with van der Waals surface area (Å²) in [5.41, 5.74) is 5.17. The lowest BCUT2D eigenvalue weighted by atomic mass is 9.91.